The molecule has 2 aromatic carbocycles. The van der Waals surface area contributed by atoms with Gasteiger partial charge in [-0.25, -0.2) is 4.99 Å². The van der Waals surface area contributed by atoms with E-state index in [1.54, 1.807) is 7.11 Å². The summed E-state index contributed by atoms with van der Waals surface area (Å²) in [6.45, 7) is 4.46. The molecule has 0 aliphatic carbocycles. The molecule has 0 aliphatic rings. The molecular weight excluding hydrogens is 425 g/mol. The zero-order chi connectivity index (χ0) is 17.0. The van der Waals surface area contributed by atoms with Gasteiger partial charge < -0.3 is 15.4 Å². The van der Waals surface area contributed by atoms with Gasteiger partial charge in [0.25, 0.3) is 0 Å². The van der Waals surface area contributed by atoms with Crippen LogP contribution < -0.4 is 15.4 Å². The summed E-state index contributed by atoms with van der Waals surface area (Å²) in [5.74, 6) is 1.72. The minimum absolute atomic E-state index is 0. The van der Waals surface area contributed by atoms with E-state index in [2.05, 4.69) is 58.9 Å². The predicted octanol–water partition coefficient (Wildman–Crippen LogP) is 4.00. The maximum atomic E-state index is 5.25. The lowest BCUT2D eigenvalue weighted by Crippen LogP contribution is -2.37. The fraction of sp³-hybridized carbons (Fsp3) is 0.350. The normalized spacial score (nSPS) is 10.7. The molecule has 0 amide bonds. The number of benzene rings is 2. The first-order valence-corrected chi connectivity index (χ1v) is 8.51. The van der Waals surface area contributed by atoms with Crippen LogP contribution in [0.1, 0.15) is 24.5 Å². The Morgan fingerprint density at radius 1 is 1.00 bits per heavy atom. The second-order valence-corrected chi connectivity index (χ2v) is 5.56. The molecule has 136 valence electrons. The van der Waals surface area contributed by atoms with Crippen LogP contribution >= 0.6 is 24.0 Å². The summed E-state index contributed by atoms with van der Waals surface area (Å²) in [6, 6.07) is 18.6. The highest BCUT2D eigenvalue weighted by Gasteiger charge is 1.99. The topological polar surface area (TPSA) is 45.7 Å². The van der Waals surface area contributed by atoms with Crippen molar-refractivity contribution in [1.29, 1.82) is 0 Å². The van der Waals surface area contributed by atoms with Gasteiger partial charge in [-0.05, 0) is 43.0 Å². The SMILES string of the molecule is CCNC(=NCc1cccc(OC)c1)NCCCc1ccccc1.I. The smallest absolute Gasteiger partial charge is 0.191 e. The average molecular weight is 453 g/mol. The van der Waals surface area contributed by atoms with Gasteiger partial charge in [-0.15, -0.1) is 24.0 Å². The minimum atomic E-state index is 0. The fourth-order valence-electron chi connectivity index (χ4n) is 2.43. The number of hydrogen-bond acceptors (Lipinski definition) is 2. The van der Waals surface area contributed by atoms with Crippen molar-refractivity contribution < 1.29 is 4.74 Å². The van der Waals surface area contributed by atoms with Crippen molar-refractivity contribution in [3.63, 3.8) is 0 Å². The summed E-state index contributed by atoms with van der Waals surface area (Å²) in [4.78, 5) is 4.64. The first kappa shape index (κ1) is 21.3. The Hall–Kier alpha value is -1.76. The summed E-state index contributed by atoms with van der Waals surface area (Å²) >= 11 is 0. The van der Waals surface area contributed by atoms with Crippen molar-refractivity contribution in [1.82, 2.24) is 10.6 Å². The van der Waals surface area contributed by atoms with Crippen LogP contribution in [0.25, 0.3) is 0 Å². The lowest BCUT2D eigenvalue weighted by molar-refractivity contribution is 0.414. The molecule has 2 aromatic rings. The number of nitrogens with zero attached hydrogens (tertiary/aromatic N) is 1. The highest BCUT2D eigenvalue weighted by Crippen LogP contribution is 2.13. The maximum Gasteiger partial charge on any atom is 0.191 e. The van der Waals surface area contributed by atoms with Crippen LogP contribution in [0.15, 0.2) is 59.6 Å². The van der Waals surface area contributed by atoms with Crippen LogP contribution in [0.2, 0.25) is 0 Å². The standard InChI is InChI=1S/C20H27N3O.HI/c1-3-21-20(22-14-8-12-17-9-5-4-6-10-17)23-16-18-11-7-13-19(15-18)24-2;/h4-7,9-11,13,15H,3,8,12,14,16H2,1-2H3,(H2,21,22,23);1H. The van der Waals surface area contributed by atoms with Crippen LogP contribution in [0.4, 0.5) is 0 Å². The molecule has 2 N–H and O–H groups in total. The molecule has 0 saturated carbocycles. The molecule has 5 heteroatoms. The van der Waals surface area contributed by atoms with Crippen LogP contribution in [0.3, 0.4) is 0 Å². The quantitative estimate of drug-likeness (QED) is 0.275. The van der Waals surface area contributed by atoms with Crippen LogP contribution in [0, 0.1) is 0 Å². The number of guanidine groups is 1. The van der Waals surface area contributed by atoms with E-state index in [1.165, 1.54) is 5.56 Å². The van der Waals surface area contributed by atoms with E-state index in [0.717, 1.165) is 43.2 Å². The molecule has 2 rings (SSSR count). The largest absolute Gasteiger partial charge is 0.497 e. The van der Waals surface area contributed by atoms with Gasteiger partial charge >= 0.3 is 0 Å². The van der Waals surface area contributed by atoms with E-state index in [-0.39, 0.29) is 24.0 Å². The molecule has 0 unspecified atom stereocenters. The Labute approximate surface area is 168 Å². The third-order valence-electron chi connectivity index (χ3n) is 3.68. The van der Waals surface area contributed by atoms with Gasteiger partial charge in [0.1, 0.15) is 5.75 Å². The van der Waals surface area contributed by atoms with Gasteiger partial charge in [0.2, 0.25) is 0 Å². The van der Waals surface area contributed by atoms with E-state index >= 15 is 0 Å². The van der Waals surface area contributed by atoms with Crippen molar-refractivity contribution in [2.24, 2.45) is 4.99 Å². The number of methoxy groups -OCH3 is 1. The van der Waals surface area contributed by atoms with E-state index < -0.39 is 0 Å². The fourth-order valence-corrected chi connectivity index (χ4v) is 2.43. The predicted molar refractivity (Wildman–Crippen MR) is 116 cm³/mol. The maximum absolute atomic E-state index is 5.25. The highest BCUT2D eigenvalue weighted by atomic mass is 127. The van der Waals surface area contributed by atoms with Crippen molar-refractivity contribution in [2.45, 2.75) is 26.3 Å². The average Bonchev–Trinajstić information content (AvgIpc) is 2.64. The molecule has 0 radical (unpaired) electrons. The van der Waals surface area contributed by atoms with Gasteiger partial charge in [-0.2, -0.15) is 0 Å². The van der Waals surface area contributed by atoms with Crippen LogP contribution in [0.5, 0.6) is 5.75 Å². The van der Waals surface area contributed by atoms with Gasteiger partial charge in [-0.3, -0.25) is 0 Å². The Morgan fingerprint density at radius 2 is 1.76 bits per heavy atom. The first-order chi connectivity index (χ1) is 11.8. The second kappa shape index (κ2) is 12.6. The third kappa shape index (κ3) is 8.25. The van der Waals surface area contributed by atoms with Crippen LogP contribution in [-0.2, 0) is 13.0 Å². The van der Waals surface area contributed by atoms with Crippen molar-refractivity contribution in [3.05, 3.63) is 65.7 Å². The van der Waals surface area contributed by atoms with Gasteiger partial charge in [0, 0.05) is 13.1 Å². The zero-order valence-electron chi connectivity index (χ0n) is 15.0. The number of rotatable bonds is 8. The van der Waals surface area contributed by atoms with Gasteiger partial charge in [-0.1, -0.05) is 42.5 Å². The van der Waals surface area contributed by atoms with Crippen LogP contribution in [-0.4, -0.2) is 26.2 Å². The molecule has 0 fully saturated rings. The van der Waals surface area contributed by atoms with E-state index in [1.807, 2.05) is 18.2 Å². The Balaban J connectivity index is 0.00000312. The molecule has 0 heterocycles. The number of ether oxygens (including phenoxy) is 1. The number of nitrogens with one attached hydrogen (secondary N) is 2. The van der Waals surface area contributed by atoms with Crippen molar-refractivity contribution in [3.8, 4) is 5.75 Å². The molecule has 0 spiro atoms. The molecule has 0 aromatic heterocycles. The molecule has 0 bridgehead atoms. The Kier molecular flexibility index (Phi) is 10.7. The lowest BCUT2D eigenvalue weighted by atomic mass is 10.1. The van der Waals surface area contributed by atoms with Gasteiger partial charge in [0.15, 0.2) is 5.96 Å². The van der Waals surface area contributed by atoms with Crippen molar-refractivity contribution >= 4 is 29.9 Å². The molecule has 25 heavy (non-hydrogen) atoms. The summed E-state index contributed by atoms with van der Waals surface area (Å²) in [7, 11) is 1.68. The lowest BCUT2D eigenvalue weighted by Gasteiger charge is -2.11. The number of aryl methyl sites for hydroxylation is 1. The zero-order valence-corrected chi connectivity index (χ0v) is 17.3. The summed E-state index contributed by atoms with van der Waals surface area (Å²) < 4.78 is 5.25. The summed E-state index contributed by atoms with van der Waals surface area (Å²) in [5.41, 5.74) is 2.51. The van der Waals surface area contributed by atoms with E-state index in [0.29, 0.717) is 6.54 Å². The minimum Gasteiger partial charge on any atom is -0.497 e. The Bertz CT molecular complexity index is 632. The highest BCUT2D eigenvalue weighted by molar-refractivity contribution is 14.0. The number of aliphatic imine (C=N–C) groups is 1. The van der Waals surface area contributed by atoms with E-state index in [9.17, 15) is 0 Å². The molecule has 0 aliphatic heterocycles. The second-order valence-electron chi connectivity index (χ2n) is 5.56. The summed E-state index contributed by atoms with van der Waals surface area (Å²) in [6.07, 6.45) is 2.15. The molecular formula is C20H28IN3O. The number of hydrogen-bond donors (Lipinski definition) is 2. The number of halogens is 1. The van der Waals surface area contributed by atoms with E-state index in [4.69, 9.17) is 4.74 Å². The molecule has 0 saturated heterocycles. The summed E-state index contributed by atoms with van der Waals surface area (Å²) in [5, 5.41) is 6.69. The monoisotopic (exact) mass is 453 g/mol. The van der Waals surface area contributed by atoms with Crippen molar-refractivity contribution in [2.75, 3.05) is 20.2 Å². The Morgan fingerprint density at radius 3 is 2.48 bits per heavy atom. The molecule has 4 nitrogen and oxygen atoms in total. The molecule has 0 atom stereocenters. The van der Waals surface area contributed by atoms with Gasteiger partial charge in [0.05, 0.1) is 13.7 Å². The first-order valence-electron chi connectivity index (χ1n) is 8.51. The third-order valence-corrected chi connectivity index (χ3v) is 3.68.